The molecule has 0 aliphatic carbocycles. The number of nitrogens with one attached hydrogen (secondary N) is 2. The highest BCUT2D eigenvalue weighted by molar-refractivity contribution is 6.32. The Hall–Kier alpha value is -3.84. The first-order valence-electron chi connectivity index (χ1n) is 9.31. The molecule has 0 aromatic heterocycles. The molecule has 0 aliphatic heterocycles. The Morgan fingerprint density at radius 1 is 0.839 bits per heavy atom. The van der Waals surface area contributed by atoms with Crippen LogP contribution in [0.3, 0.4) is 0 Å². The number of rotatable bonds is 7. The van der Waals surface area contributed by atoms with Gasteiger partial charge in [0.05, 0.1) is 16.1 Å². The molecule has 0 heterocycles. The SMILES string of the molecule is CC(Oc1ccccc1Cl)C(=O)Nc1ccc(NC(=O)c2ccccc2C(=O)O)cc1. The molecule has 31 heavy (non-hydrogen) atoms. The average molecular weight is 439 g/mol. The van der Waals surface area contributed by atoms with Gasteiger partial charge in [-0.2, -0.15) is 0 Å². The molecule has 2 amide bonds. The number of hydrogen-bond acceptors (Lipinski definition) is 4. The standard InChI is InChI=1S/C23H19ClN2O5/c1-14(31-20-9-5-4-8-19(20)24)21(27)25-15-10-12-16(13-11-15)26-22(28)17-6-2-3-7-18(17)23(29)30/h2-14H,1H3,(H,25,27)(H,26,28)(H,29,30). The van der Waals surface area contributed by atoms with Crippen LogP contribution in [0.5, 0.6) is 5.75 Å². The second-order valence-electron chi connectivity index (χ2n) is 6.56. The molecule has 0 fully saturated rings. The van der Waals surface area contributed by atoms with E-state index in [1.54, 1.807) is 67.6 Å². The summed E-state index contributed by atoms with van der Waals surface area (Å²) in [6, 6.07) is 19.2. The molecule has 0 saturated carbocycles. The number of carbonyl (C=O) groups is 3. The Labute approximate surface area is 183 Å². The van der Waals surface area contributed by atoms with E-state index in [-0.39, 0.29) is 17.0 Å². The second-order valence-corrected chi connectivity index (χ2v) is 6.97. The maximum absolute atomic E-state index is 12.4. The highest BCUT2D eigenvalue weighted by Crippen LogP contribution is 2.24. The summed E-state index contributed by atoms with van der Waals surface area (Å²) in [6.45, 7) is 1.60. The van der Waals surface area contributed by atoms with Gasteiger partial charge in [0, 0.05) is 11.4 Å². The summed E-state index contributed by atoms with van der Waals surface area (Å²) >= 11 is 6.04. The fourth-order valence-electron chi connectivity index (χ4n) is 2.73. The zero-order valence-electron chi connectivity index (χ0n) is 16.5. The summed E-state index contributed by atoms with van der Waals surface area (Å²) in [5.41, 5.74) is 0.918. The van der Waals surface area contributed by atoms with Gasteiger partial charge in [-0.1, -0.05) is 35.9 Å². The molecular formula is C23H19ClN2O5. The second kappa shape index (κ2) is 9.77. The first-order valence-corrected chi connectivity index (χ1v) is 9.68. The zero-order valence-corrected chi connectivity index (χ0v) is 17.2. The van der Waals surface area contributed by atoms with Crippen molar-refractivity contribution in [3.05, 3.63) is 88.9 Å². The minimum atomic E-state index is -1.18. The number of aromatic carboxylic acids is 1. The molecule has 158 valence electrons. The highest BCUT2D eigenvalue weighted by atomic mass is 35.5. The van der Waals surface area contributed by atoms with Crippen molar-refractivity contribution in [3.8, 4) is 5.75 Å². The minimum Gasteiger partial charge on any atom is -0.479 e. The zero-order chi connectivity index (χ0) is 22.4. The normalized spacial score (nSPS) is 11.3. The highest BCUT2D eigenvalue weighted by Gasteiger charge is 2.17. The van der Waals surface area contributed by atoms with E-state index < -0.39 is 18.0 Å². The number of ether oxygens (including phenoxy) is 1. The van der Waals surface area contributed by atoms with Gasteiger partial charge in [0.2, 0.25) is 0 Å². The Balaban J connectivity index is 1.61. The van der Waals surface area contributed by atoms with Crippen LogP contribution in [0.25, 0.3) is 0 Å². The van der Waals surface area contributed by atoms with E-state index in [9.17, 15) is 19.5 Å². The van der Waals surface area contributed by atoms with Gasteiger partial charge in [0.15, 0.2) is 6.10 Å². The number of amides is 2. The Morgan fingerprint density at radius 2 is 1.39 bits per heavy atom. The predicted octanol–water partition coefficient (Wildman–Crippen LogP) is 4.70. The largest absolute Gasteiger partial charge is 0.479 e. The Kier molecular flexibility index (Phi) is 6.89. The maximum atomic E-state index is 12.4. The number of carboxylic acid groups (broad SMARTS) is 1. The average Bonchev–Trinajstić information content (AvgIpc) is 2.76. The van der Waals surface area contributed by atoms with Gasteiger partial charge in [-0.15, -0.1) is 0 Å². The predicted molar refractivity (Wildman–Crippen MR) is 118 cm³/mol. The smallest absolute Gasteiger partial charge is 0.336 e. The molecule has 3 rings (SSSR count). The van der Waals surface area contributed by atoms with E-state index >= 15 is 0 Å². The van der Waals surface area contributed by atoms with E-state index in [0.717, 1.165) is 0 Å². The lowest BCUT2D eigenvalue weighted by Crippen LogP contribution is -2.30. The van der Waals surface area contributed by atoms with Crippen molar-refractivity contribution in [2.75, 3.05) is 10.6 Å². The molecule has 0 aliphatic rings. The van der Waals surface area contributed by atoms with Gasteiger partial charge in [-0.3, -0.25) is 9.59 Å². The van der Waals surface area contributed by atoms with Crippen molar-refractivity contribution < 1.29 is 24.2 Å². The van der Waals surface area contributed by atoms with E-state index in [2.05, 4.69) is 10.6 Å². The molecule has 3 aromatic rings. The minimum absolute atomic E-state index is 0.0536. The van der Waals surface area contributed by atoms with Crippen LogP contribution < -0.4 is 15.4 Å². The van der Waals surface area contributed by atoms with Crippen LogP contribution >= 0.6 is 11.6 Å². The third-order valence-electron chi connectivity index (χ3n) is 4.32. The van der Waals surface area contributed by atoms with E-state index in [4.69, 9.17) is 16.3 Å². The lowest BCUT2D eigenvalue weighted by atomic mass is 10.1. The molecule has 0 radical (unpaired) electrons. The van der Waals surface area contributed by atoms with Crippen molar-refractivity contribution in [2.45, 2.75) is 13.0 Å². The van der Waals surface area contributed by atoms with Gasteiger partial charge >= 0.3 is 5.97 Å². The van der Waals surface area contributed by atoms with Crippen LogP contribution in [0.4, 0.5) is 11.4 Å². The van der Waals surface area contributed by atoms with Gasteiger partial charge < -0.3 is 20.5 Å². The topological polar surface area (TPSA) is 105 Å². The fourth-order valence-corrected chi connectivity index (χ4v) is 2.91. The molecule has 0 saturated heterocycles. The van der Waals surface area contributed by atoms with Gasteiger partial charge in [0.1, 0.15) is 5.75 Å². The van der Waals surface area contributed by atoms with Gasteiger partial charge in [0.25, 0.3) is 11.8 Å². The summed E-state index contributed by atoms with van der Waals surface area (Å²) in [5.74, 6) is -1.69. The summed E-state index contributed by atoms with van der Waals surface area (Å²) in [4.78, 5) is 36.1. The molecular weight excluding hydrogens is 420 g/mol. The van der Waals surface area contributed by atoms with Gasteiger partial charge in [-0.25, -0.2) is 4.79 Å². The molecule has 0 spiro atoms. The summed E-state index contributed by atoms with van der Waals surface area (Å²) < 4.78 is 5.59. The molecule has 3 N–H and O–H groups in total. The number of para-hydroxylation sites is 1. The van der Waals surface area contributed by atoms with E-state index in [1.165, 1.54) is 12.1 Å². The lowest BCUT2D eigenvalue weighted by molar-refractivity contribution is -0.122. The first-order chi connectivity index (χ1) is 14.8. The lowest BCUT2D eigenvalue weighted by Gasteiger charge is -2.16. The maximum Gasteiger partial charge on any atom is 0.336 e. The summed E-state index contributed by atoms with van der Waals surface area (Å²) in [7, 11) is 0. The monoisotopic (exact) mass is 438 g/mol. The number of benzene rings is 3. The number of anilines is 2. The number of carboxylic acids is 1. The third kappa shape index (κ3) is 5.61. The van der Waals surface area contributed by atoms with Crippen molar-refractivity contribution in [1.82, 2.24) is 0 Å². The summed E-state index contributed by atoms with van der Waals surface area (Å²) in [5, 5.41) is 15.0. The molecule has 1 unspecified atom stereocenters. The van der Waals surface area contributed by atoms with Crippen LogP contribution in [0, 0.1) is 0 Å². The van der Waals surface area contributed by atoms with Crippen LogP contribution in [0.15, 0.2) is 72.8 Å². The quantitative estimate of drug-likeness (QED) is 0.496. The van der Waals surface area contributed by atoms with E-state index in [0.29, 0.717) is 22.1 Å². The Bertz CT molecular complexity index is 1110. The molecule has 0 bridgehead atoms. The van der Waals surface area contributed by atoms with Gasteiger partial charge in [-0.05, 0) is 55.5 Å². The summed E-state index contributed by atoms with van der Waals surface area (Å²) in [6.07, 6.45) is -0.785. The van der Waals surface area contributed by atoms with Crippen molar-refractivity contribution in [2.24, 2.45) is 0 Å². The van der Waals surface area contributed by atoms with E-state index in [1.807, 2.05) is 0 Å². The third-order valence-corrected chi connectivity index (χ3v) is 4.63. The van der Waals surface area contributed by atoms with Crippen LogP contribution in [0.1, 0.15) is 27.6 Å². The Morgan fingerprint density at radius 3 is 2.00 bits per heavy atom. The number of halogens is 1. The first kappa shape index (κ1) is 21.9. The fraction of sp³-hybridized carbons (Fsp3) is 0.0870. The molecule has 3 aromatic carbocycles. The molecule has 1 atom stereocenters. The number of hydrogen-bond donors (Lipinski definition) is 3. The molecule has 7 nitrogen and oxygen atoms in total. The van der Waals surface area contributed by atoms with Crippen LogP contribution in [-0.2, 0) is 4.79 Å². The van der Waals surface area contributed by atoms with Crippen LogP contribution in [-0.4, -0.2) is 29.0 Å². The number of carbonyl (C=O) groups excluding carboxylic acids is 2. The van der Waals surface area contributed by atoms with Crippen molar-refractivity contribution in [3.63, 3.8) is 0 Å². The van der Waals surface area contributed by atoms with Crippen molar-refractivity contribution >= 4 is 40.8 Å². The van der Waals surface area contributed by atoms with Crippen LogP contribution in [0.2, 0.25) is 5.02 Å². The molecule has 8 heteroatoms. The van der Waals surface area contributed by atoms with Crippen molar-refractivity contribution in [1.29, 1.82) is 0 Å².